The van der Waals surface area contributed by atoms with Crippen LogP contribution in [0.4, 0.5) is 5.69 Å². The molecule has 0 saturated carbocycles. The van der Waals surface area contributed by atoms with Crippen molar-refractivity contribution in [2.24, 2.45) is 0 Å². The van der Waals surface area contributed by atoms with Crippen LogP contribution >= 0.6 is 0 Å². The van der Waals surface area contributed by atoms with E-state index in [9.17, 15) is 14.4 Å². The van der Waals surface area contributed by atoms with Crippen LogP contribution in [0.1, 0.15) is 35.3 Å². The highest BCUT2D eigenvalue weighted by atomic mass is 16.6. The first kappa shape index (κ1) is 21.9. The van der Waals surface area contributed by atoms with E-state index in [1.165, 1.54) is 27.0 Å². The number of rotatable bonds is 8. The van der Waals surface area contributed by atoms with Gasteiger partial charge in [0.2, 0.25) is 0 Å². The first-order chi connectivity index (χ1) is 13.7. The van der Waals surface area contributed by atoms with E-state index in [0.717, 1.165) is 11.1 Å². The van der Waals surface area contributed by atoms with E-state index in [2.05, 4.69) is 5.32 Å². The molecule has 1 amide bonds. The molecule has 0 heterocycles. The lowest BCUT2D eigenvalue weighted by Crippen LogP contribution is -2.31. The molecule has 0 aliphatic carbocycles. The number of benzene rings is 2. The molecule has 0 radical (unpaired) electrons. The van der Waals surface area contributed by atoms with Crippen LogP contribution in [0, 0.1) is 13.8 Å². The van der Waals surface area contributed by atoms with Crippen molar-refractivity contribution >= 4 is 23.3 Å². The molecule has 1 N–H and O–H groups in total. The second-order valence-electron chi connectivity index (χ2n) is 6.65. The molecule has 0 aromatic heterocycles. The van der Waals surface area contributed by atoms with Crippen molar-refractivity contribution in [3.8, 4) is 11.5 Å². The number of ether oxygens (including phenoxy) is 3. The molecule has 0 aliphatic rings. The summed E-state index contributed by atoms with van der Waals surface area (Å²) in [6.45, 7) is 6.37. The van der Waals surface area contributed by atoms with Gasteiger partial charge in [0.25, 0.3) is 5.91 Å². The summed E-state index contributed by atoms with van der Waals surface area (Å²) in [5, 5.41) is 2.74. The van der Waals surface area contributed by atoms with Gasteiger partial charge in [-0.25, -0.2) is 4.79 Å². The van der Waals surface area contributed by atoms with Crippen LogP contribution in [-0.2, 0) is 14.3 Å². The zero-order valence-electron chi connectivity index (χ0n) is 17.2. The Bertz CT molecular complexity index is 922. The third-order valence-electron chi connectivity index (χ3n) is 4.23. The monoisotopic (exact) mass is 399 g/mol. The molecule has 0 spiro atoms. The zero-order valence-corrected chi connectivity index (χ0v) is 17.2. The number of methoxy groups -OCH3 is 1. The van der Waals surface area contributed by atoms with Crippen molar-refractivity contribution in [1.82, 2.24) is 0 Å². The van der Waals surface area contributed by atoms with Gasteiger partial charge in [-0.1, -0.05) is 17.7 Å². The number of nitrogens with one attached hydrogen (secondary N) is 1. The molecular formula is C22H25NO6. The summed E-state index contributed by atoms with van der Waals surface area (Å²) in [5.41, 5.74) is 3.13. The zero-order chi connectivity index (χ0) is 21.6. The van der Waals surface area contributed by atoms with Crippen LogP contribution in [0.25, 0.3) is 0 Å². The smallest absolute Gasteiger partial charge is 0.344 e. The Balaban J connectivity index is 1.91. The minimum Gasteiger partial charge on any atom is -0.493 e. The maximum Gasteiger partial charge on any atom is 0.344 e. The van der Waals surface area contributed by atoms with Gasteiger partial charge in [-0.05, 0) is 57.5 Å². The molecule has 0 bridgehead atoms. The van der Waals surface area contributed by atoms with Crippen molar-refractivity contribution in [3.63, 3.8) is 0 Å². The van der Waals surface area contributed by atoms with Crippen molar-refractivity contribution in [3.05, 3.63) is 53.1 Å². The van der Waals surface area contributed by atoms with Crippen molar-refractivity contribution in [2.45, 2.75) is 33.8 Å². The van der Waals surface area contributed by atoms with Gasteiger partial charge in [-0.3, -0.25) is 9.59 Å². The van der Waals surface area contributed by atoms with Gasteiger partial charge in [0.1, 0.15) is 0 Å². The number of ketones is 1. The van der Waals surface area contributed by atoms with Crippen molar-refractivity contribution in [2.75, 3.05) is 19.0 Å². The normalized spacial score (nSPS) is 11.3. The van der Waals surface area contributed by atoms with Gasteiger partial charge < -0.3 is 19.5 Å². The Hall–Kier alpha value is -3.35. The van der Waals surface area contributed by atoms with E-state index >= 15 is 0 Å². The van der Waals surface area contributed by atoms with Crippen LogP contribution in [-0.4, -0.2) is 37.5 Å². The standard InChI is InChI=1S/C22H25NO6/c1-13-6-8-18(14(2)10-13)23-22(26)16(4)29-21(25)12-28-19-9-7-17(15(3)24)11-20(19)27-5/h6-11,16H,12H2,1-5H3,(H,23,26). The van der Waals surface area contributed by atoms with Gasteiger partial charge in [0.15, 0.2) is 30.0 Å². The third kappa shape index (κ3) is 6.07. The first-order valence-electron chi connectivity index (χ1n) is 9.10. The van der Waals surface area contributed by atoms with E-state index in [1.807, 2.05) is 26.0 Å². The van der Waals surface area contributed by atoms with Gasteiger partial charge in [-0.2, -0.15) is 0 Å². The lowest BCUT2D eigenvalue weighted by molar-refractivity contribution is -0.155. The number of esters is 1. The average molecular weight is 399 g/mol. The first-order valence-corrected chi connectivity index (χ1v) is 9.10. The third-order valence-corrected chi connectivity index (χ3v) is 4.23. The summed E-state index contributed by atoms with van der Waals surface area (Å²) in [5.74, 6) is -0.634. The fourth-order valence-electron chi connectivity index (χ4n) is 2.62. The highest BCUT2D eigenvalue weighted by Crippen LogP contribution is 2.28. The van der Waals surface area contributed by atoms with E-state index < -0.39 is 24.6 Å². The summed E-state index contributed by atoms with van der Waals surface area (Å²) in [6.07, 6.45) is -0.992. The number of aryl methyl sites for hydroxylation is 2. The maximum absolute atomic E-state index is 12.3. The molecule has 1 atom stereocenters. The molecular weight excluding hydrogens is 374 g/mol. The molecule has 1 unspecified atom stereocenters. The van der Waals surface area contributed by atoms with Crippen molar-refractivity contribution < 1.29 is 28.6 Å². The second kappa shape index (κ2) is 9.73. The quantitative estimate of drug-likeness (QED) is 0.540. The lowest BCUT2D eigenvalue weighted by atomic mass is 10.1. The SMILES string of the molecule is COc1cc(C(C)=O)ccc1OCC(=O)OC(C)C(=O)Nc1ccc(C)cc1C. The minimum atomic E-state index is -0.992. The summed E-state index contributed by atoms with van der Waals surface area (Å²) in [6, 6.07) is 10.3. The fraction of sp³-hybridized carbons (Fsp3) is 0.318. The van der Waals surface area contributed by atoms with Crippen LogP contribution in [0.15, 0.2) is 36.4 Å². The lowest BCUT2D eigenvalue weighted by Gasteiger charge is -2.16. The summed E-state index contributed by atoms with van der Waals surface area (Å²) in [7, 11) is 1.43. The Morgan fingerprint density at radius 1 is 1.03 bits per heavy atom. The minimum absolute atomic E-state index is 0.113. The molecule has 0 aliphatic heterocycles. The largest absolute Gasteiger partial charge is 0.493 e. The number of amides is 1. The van der Waals surface area contributed by atoms with Crippen LogP contribution < -0.4 is 14.8 Å². The predicted molar refractivity (Wildman–Crippen MR) is 109 cm³/mol. The Kier molecular flexibility index (Phi) is 7.36. The Labute approximate surface area is 170 Å². The topological polar surface area (TPSA) is 90.9 Å². The molecule has 29 heavy (non-hydrogen) atoms. The molecule has 2 rings (SSSR count). The highest BCUT2D eigenvalue weighted by Gasteiger charge is 2.19. The summed E-state index contributed by atoms with van der Waals surface area (Å²) >= 11 is 0. The number of carbonyl (C=O) groups excluding carboxylic acids is 3. The molecule has 7 heteroatoms. The van der Waals surface area contributed by atoms with Gasteiger partial charge in [0, 0.05) is 11.3 Å². The molecule has 2 aromatic carbocycles. The number of carbonyl (C=O) groups is 3. The summed E-state index contributed by atoms with van der Waals surface area (Å²) in [4.78, 5) is 35.8. The Morgan fingerprint density at radius 2 is 1.76 bits per heavy atom. The molecule has 2 aromatic rings. The molecule has 0 fully saturated rings. The fourth-order valence-corrected chi connectivity index (χ4v) is 2.62. The number of Topliss-reactive ketones (excluding diaryl/α,β-unsaturated/α-hetero) is 1. The van der Waals surface area contributed by atoms with E-state index in [4.69, 9.17) is 14.2 Å². The molecule has 7 nitrogen and oxygen atoms in total. The van der Waals surface area contributed by atoms with Crippen LogP contribution in [0.2, 0.25) is 0 Å². The Morgan fingerprint density at radius 3 is 2.38 bits per heavy atom. The van der Waals surface area contributed by atoms with Crippen molar-refractivity contribution in [1.29, 1.82) is 0 Å². The van der Waals surface area contributed by atoms with E-state index in [0.29, 0.717) is 22.7 Å². The molecule has 0 saturated heterocycles. The van der Waals surface area contributed by atoms with Gasteiger partial charge in [0.05, 0.1) is 7.11 Å². The highest BCUT2D eigenvalue weighted by molar-refractivity contribution is 5.96. The van der Waals surface area contributed by atoms with Gasteiger partial charge in [-0.15, -0.1) is 0 Å². The van der Waals surface area contributed by atoms with Gasteiger partial charge >= 0.3 is 5.97 Å². The molecule has 154 valence electrons. The van der Waals surface area contributed by atoms with E-state index in [1.54, 1.807) is 18.2 Å². The number of anilines is 1. The van der Waals surface area contributed by atoms with E-state index in [-0.39, 0.29) is 5.78 Å². The number of hydrogen-bond donors (Lipinski definition) is 1. The summed E-state index contributed by atoms with van der Waals surface area (Å²) < 4.78 is 15.7. The number of hydrogen-bond acceptors (Lipinski definition) is 6. The second-order valence-corrected chi connectivity index (χ2v) is 6.65. The average Bonchev–Trinajstić information content (AvgIpc) is 2.68. The predicted octanol–water partition coefficient (Wildman–Crippen LogP) is 3.46. The van der Waals surface area contributed by atoms with Crippen LogP contribution in [0.3, 0.4) is 0 Å². The van der Waals surface area contributed by atoms with Crippen LogP contribution in [0.5, 0.6) is 11.5 Å². The maximum atomic E-state index is 12.3.